The first-order chi connectivity index (χ1) is 14.4. The van der Waals surface area contributed by atoms with Crippen LogP contribution in [0.4, 0.5) is 5.69 Å². The van der Waals surface area contributed by atoms with Gasteiger partial charge in [-0.05, 0) is 48.7 Å². The number of benzene rings is 2. The average molecular weight is 423 g/mol. The fraction of sp³-hybridized carbons (Fsp3) is 0.136. The smallest absolute Gasteiger partial charge is 0.263 e. The van der Waals surface area contributed by atoms with Crippen LogP contribution in [0.15, 0.2) is 78.0 Å². The Morgan fingerprint density at radius 1 is 1.10 bits per heavy atom. The molecule has 3 aromatic rings. The zero-order valence-corrected chi connectivity index (χ0v) is 17.1. The number of anilines is 1. The van der Waals surface area contributed by atoms with E-state index < -0.39 is 22.0 Å². The summed E-state index contributed by atoms with van der Waals surface area (Å²) in [5.41, 5.74) is 2.09. The van der Waals surface area contributed by atoms with Crippen LogP contribution in [-0.4, -0.2) is 31.6 Å². The van der Waals surface area contributed by atoms with E-state index in [0.29, 0.717) is 18.3 Å². The number of aryl methyl sites for hydroxylation is 1. The number of rotatable bonds is 8. The Morgan fingerprint density at radius 2 is 1.87 bits per heavy atom. The van der Waals surface area contributed by atoms with Gasteiger partial charge in [-0.3, -0.25) is 14.5 Å². The van der Waals surface area contributed by atoms with Gasteiger partial charge in [-0.15, -0.1) is 0 Å². The molecule has 1 atom stereocenters. The molecule has 0 aliphatic heterocycles. The van der Waals surface area contributed by atoms with Gasteiger partial charge in [0.15, 0.2) is 0 Å². The molecule has 0 fully saturated rings. The molecule has 0 bridgehead atoms. The minimum Gasteiger partial charge on any atom is -0.342 e. The zero-order chi connectivity index (χ0) is 21.6. The summed E-state index contributed by atoms with van der Waals surface area (Å²) in [4.78, 5) is 28.0. The fourth-order valence-corrected chi connectivity index (χ4v) is 3.91. The van der Waals surface area contributed by atoms with Crippen molar-refractivity contribution >= 4 is 27.9 Å². The van der Waals surface area contributed by atoms with E-state index in [2.05, 4.69) is 15.0 Å². The number of pyridine rings is 1. The van der Waals surface area contributed by atoms with Crippen LogP contribution in [0, 0.1) is 6.92 Å². The predicted molar refractivity (Wildman–Crippen MR) is 114 cm³/mol. The summed E-state index contributed by atoms with van der Waals surface area (Å²) in [5.74, 6) is -0.456. The number of hydrogen-bond donors (Lipinski definition) is 2. The van der Waals surface area contributed by atoms with Crippen LogP contribution in [0.2, 0.25) is 0 Å². The van der Waals surface area contributed by atoms with Gasteiger partial charge in [-0.25, -0.2) is 8.42 Å². The molecule has 30 heavy (non-hydrogen) atoms. The molecule has 0 saturated heterocycles. The molecule has 2 N–H and O–H groups in total. The Morgan fingerprint density at radius 3 is 2.53 bits per heavy atom. The number of aromatic nitrogens is 1. The third-order valence-electron chi connectivity index (χ3n) is 4.46. The maximum Gasteiger partial charge on any atom is 0.263 e. The fourth-order valence-electron chi connectivity index (χ4n) is 2.90. The van der Waals surface area contributed by atoms with E-state index in [9.17, 15) is 18.0 Å². The van der Waals surface area contributed by atoms with E-state index in [1.165, 1.54) is 30.6 Å². The molecule has 1 amide bonds. The monoisotopic (exact) mass is 423 g/mol. The van der Waals surface area contributed by atoms with Crippen LogP contribution in [0.3, 0.4) is 0 Å². The molecule has 2 aromatic carbocycles. The Hall–Kier alpha value is -3.52. The molecule has 0 unspecified atom stereocenters. The van der Waals surface area contributed by atoms with Crippen molar-refractivity contribution in [3.05, 3.63) is 89.7 Å². The van der Waals surface area contributed by atoms with Gasteiger partial charge >= 0.3 is 0 Å². The second-order valence-electron chi connectivity index (χ2n) is 6.73. The van der Waals surface area contributed by atoms with E-state index >= 15 is 0 Å². The Kier molecular flexibility index (Phi) is 6.58. The minimum atomic E-state index is -3.84. The quantitative estimate of drug-likeness (QED) is 0.542. The molecule has 1 heterocycles. The van der Waals surface area contributed by atoms with Crippen LogP contribution in [0.5, 0.6) is 0 Å². The highest BCUT2D eigenvalue weighted by Crippen LogP contribution is 2.19. The van der Waals surface area contributed by atoms with Gasteiger partial charge in [0, 0.05) is 23.6 Å². The summed E-state index contributed by atoms with van der Waals surface area (Å²) in [6.45, 7) is 1.74. The van der Waals surface area contributed by atoms with Crippen LogP contribution in [0.25, 0.3) is 0 Å². The maximum atomic E-state index is 12.8. The molecule has 8 heteroatoms. The summed E-state index contributed by atoms with van der Waals surface area (Å²) < 4.78 is 27.4. The Bertz CT molecular complexity index is 1130. The molecule has 0 saturated carbocycles. The van der Waals surface area contributed by atoms with Gasteiger partial charge in [0.1, 0.15) is 11.2 Å². The van der Waals surface area contributed by atoms with Crippen molar-refractivity contribution in [2.24, 2.45) is 0 Å². The second-order valence-corrected chi connectivity index (χ2v) is 8.41. The molecule has 154 valence electrons. The van der Waals surface area contributed by atoms with Gasteiger partial charge < -0.3 is 10.1 Å². The standard InChI is InChI=1S/C22H21N3O4S/c1-16-9-10-18(25-30(28,29)20-8-5-11-23-14-20)13-21(16)22(27)24-19(15-26)12-17-6-3-2-4-7-17/h2-11,13-15,19,25H,12H2,1H3,(H,24,27)/t19-/m0/s1. The van der Waals surface area contributed by atoms with Crippen molar-refractivity contribution in [2.75, 3.05) is 4.72 Å². The first-order valence-corrected chi connectivity index (χ1v) is 10.7. The molecule has 0 aliphatic carbocycles. The molecular weight excluding hydrogens is 402 g/mol. The number of nitrogens with zero attached hydrogens (tertiary/aromatic N) is 1. The highest BCUT2D eigenvalue weighted by atomic mass is 32.2. The van der Waals surface area contributed by atoms with Crippen LogP contribution in [0.1, 0.15) is 21.5 Å². The lowest BCUT2D eigenvalue weighted by Gasteiger charge is -2.15. The Labute approximate surface area is 175 Å². The van der Waals surface area contributed by atoms with E-state index in [4.69, 9.17) is 0 Å². The molecule has 7 nitrogen and oxygen atoms in total. The molecular formula is C22H21N3O4S. The van der Waals surface area contributed by atoms with Crippen molar-refractivity contribution in [1.29, 1.82) is 0 Å². The van der Waals surface area contributed by atoms with Gasteiger partial charge in [0.2, 0.25) is 0 Å². The lowest BCUT2D eigenvalue weighted by molar-refractivity contribution is -0.109. The maximum absolute atomic E-state index is 12.8. The lowest BCUT2D eigenvalue weighted by atomic mass is 10.0. The van der Waals surface area contributed by atoms with Crippen molar-refractivity contribution in [2.45, 2.75) is 24.3 Å². The van der Waals surface area contributed by atoms with Crippen molar-refractivity contribution in [1.82, 2.24) is 10.3 Å². The van der Waals surface area contributed by atoms with Gasteiger partial charge in [-0.1, -0.05) is 36.4 Å². The third-order valence-corrected chi connectivity index (χ3v) is 5.82. The van der Waals surface area contributed by atoms with Gasteiger partial charge in [0.25, 0.3) is 15.9 Å². The van der Waals surface area contributed by atoms with Crippen LogP contribution >= 0.6 is 0 Å². The number of hydrogen-bond acceptors (Lipinski definition) is 5. The number of aldehydes is 1. The number of sulfonamides is 1. The van der Waals surface area contributed by atoms with E-state index in [1.807, 2.05) is 30.3 Å². The summed E-state index contributed by atoms with van der Waals surface area (Å²) in [6.07, 6.45) is 3.77. The molecule has 3 rings (SSSR count). The van der Waals surface area contributed by atoms with Crippen LogP contribution in [-0.2, 0) is 21.2 Å². The van der Waals surface area contributed by atoms with E-state index in [-0.39, 0.29) is 16.1 Å². The molecule has 0 spiro atoms. The summed E-state index contributed by atoms with van der Waals surface area (Å²) >= 11 is 0. The largest absolute Gasteiger partial charge is 0.342 e. The number of carbonyl (C=O) groups excluding carboxylic acids is 2. The number of amides is 1. The lowest BCUT2D eigenvalue weighted by Crippen LogP contribution is -2.38. The first kappa shape index (κ1) is 21.2. The first-order valence-electron chi connectivity index (χ1n) is 9.22. The normalized spacial score (nSPS) is 12.0. The number of nitrogens with one attached hydrogen (secondary N) is 2. The molecule has 0 radical (unpaired) electrons. The van der Waals surface area contributed by atoms with Crippen molar-refractivity contribution in [3.63, 3.8) is 0 Å². The SMILES string of the molecule is Cc1ccc(NS(=O)(=O)c2cccnc2)cc1C(=O)N[C@H](C=O)Cc1ccccc1. The van der Waals surface area contributed by atoms with E-state index in [0.717, 1.165) is 5.56 Å². The average Bonchev–Trinajstić information content (AvgIpc) is 2.75. The summed E-state index contributed by atoms with van der Waals surface area (Å²) in [6, 6.07) is 16.3. The van der Waals surface area contributed by atoms with E-state index in [1.54, 1.807) is 19.1 Å². The highest BCUT2D eigenvalue weighted by Gasteiger charge is 2.18. The Balaban J connectivity index is 1.77. The molecule has 0 aliphatic rings. The third kappa shape index (κ3) is 5.30. The van der Waals surface area contributed by atoms with Crippen molar-refractivity contribution < 1.29 is 18.0 Å². The second kappa shape index (κ2) is 9.32. The topological polar surface area (TPSA) is 105 Å². The summed E-state index contributed by atoms with van der Waals surface area (Å²) in [7, 11) is -3.84. The van der Waals surface area contributed by atoms with Gasteiger partial charge in [0.05, 0.1) is 6.04 Å². The highest BCUT2D eigenvalue weighted by molar-refractivity contribution is 7.92. The van der Waals surface area contributed by atoms with Crippen LogP contribution < -0.4 is 10.0 Å². The number of carbonyl (C=O) groups is 2. The minimum absolute atomic E-state index is 0.0143. The molecule has 1 aromatic heterocycles. The van der Waals surface area contributed by atoms with Crippen molar-refractivity contribution in [3.8, 4) is 0 Å². The van der Waals surface area contributed by atoms with Gasteiger partial charge in [-0.2, -0.15) is 0 Å². The summed E-state index contributed by atoms with van der Waals surface area (Å²) in [5, 5.41) is 2.70. The predicted octanol–water partition coefficient (Wildman–Crippen LogP) is 2.73. The zero-order valence-electron chi connectivity index (χ0n) is 16.3.